The Bertz CT molecular complexity index is 1360. The Labute approximate surface area is 251 Å². The van der Waals surface area contributed by atoms with Gasteiger partial charge >= 0.3 is 0 Å². The SMILES string of the molecule is CCC(=Cc1sc2ccc(C)cc2[n+]1CCCSOOO)C=C1Sc2ccc(C)cc2N1CCCC[N+](C)(C)C. The Morgan fingerprint density at radius 1 is 1.07 bits per heavy atom. The average Bonchev–Trinajstić information content (AvgIpc) is 3.41. The predicted octanol–water partition coefficient (Wildman–Crippen LogP) is 8.00. The van der Waals surface area contributed by atoms with Gasteiger partial charge in [-0.25, -0.2) is 5.26 Å². The van der Waals surface area contributed by atoms with E-state index in [2.05, 4.69) is 109 Å². The van der Waals surface area contributed by atoms with Gasteiger partial charge in [0.25, 0.3) is 5.01 Å². The lowest BCUT2D eigenvalue weighted by Gasteiger charge is -2.25. The molecule has 0 spiro atoms. The summed E-state index contributed by atoms with van der Waals surface area (Å²) in [7, 11) is 6.81. The molecule has 0 saturated carbocycles. The van der Waals surface area contributed by atoms with E-state index in [1.165, 1.54) is 66.9 Å². The van der Waals surface area contributed by atoms with Crippen LogP contribution < -0.4 is 9.47 Å². The third-order valence-corrected chi connectivity index (χ3v) is 9.78. The van der Waals surface area contributed by atoms with Crippen LogP contribution in [0.25, 0.3) is 16.3 Å². The van der Waals surface area contributed by atoms with E-state index in [0.717, 1.165) is 48.2 Å². The second-order valence-electron chi connectivity index (χ2n) is 11.4. The van der Waals surface area contributed by atoms with Crippen LogP contribution in [0, 0.1) is 13.8 Å². The summed E-state index contributed by atoms with van der Waals surface area (Å²) in [5, 5.41) is 14.7. The fourth-order valence-corrected chi connectivity index (χ4v) is 7.50. The Morgan fingerprint density at radius 2 is 1.85 bits per heavy atom. The van der Waals surface area contributed by atoms with Gasteiger partial charge in [-0.05, 0) is 74.1 Å². The van der Waals surface area contributed by atoms with Gasteiger partial charge < -0.3 is 9.38 Å². The third-order valence-electron chi connectivity index (χ3n) is 6.95. The summed E-state index contributed by atoms with van der Waals surface area (Å²) in [4.78, 5) is 3.88. The summed E-state index contributed by atoms with van der Waals surface area (Å²) in [5.74, 6) is 0.724. The minimum absolute atomic E-state index is 0.724. The van der Waals surface area contributed by atoms with Crippen LogP contribution >= 0.6 is 35.1 Å². The zero-order valence-corrected chi connectivity index (χ0v) is 27.1. The molecule has 216 valence electrons. The smallest absolute Gasteiger partial charge is 0.263 e. The van der Waals surface area contributed by atoms with Crippen molar-refractivity contribution in [1.29, 1.82) is 0 Å². The topological polar surface area (TPSA) is 45.8 Å². The van der Waals surface area contributed by atoms with Crippen LogP contribution in [0.2, 0.25) is 0 Å². The van der Waals surface area contributed by atoms with E-state index >= 15 is 0 Å². The highest BCUT2D eigenvalue weighted by Gasteiger charge is 2.26. The predicted molar refractivity (Wildman–Crippen MR) is 171 cm³/mol. The summed E-state index contributed by atoms with van der Waals surface area (Å²) in [6, 6.07) is 13.5. The third kappa shape index (κ3) is 8.35. The Morgan fingerprint density at radius 3 is 2.60 bits per heavy atom. The summed E-state index contributed by atoms with van der Waals surface area (Å²) in [5.41, 5.74) is 6.50. The lowest BCUT2D eigenvalue weighted by molar-refractivity contribution is -0.870. The molecule has 0 atom stereocenters. The molecule has 0 fully saturated rings. The highest BCUT2D eigenvalue weighted by molar-refractivity contribution is 8.03. The van der Waals surface area contributed by atoms with Crippen molar-refractivity contribution in [2.24, 2.45) is 0 Å². The molecule has 1 N–H and O–H groups in total. The highest BCUT2D eigenvalue weighted by atomic mass is 32.2. The van der Waals surface area contributed by atoms with Gasteiger partial charge in [-0.15, -0.1) is 4.33 Å². The number of thioether (sulfide) groups is 1. The molecule has 0 bridgehead atoms. The molecule has 9 heteroatoms. The van der Waals surface area contributed by atoms with Crippen LogP contribution in [-0.4, -0.2) is 49.7 Å². The van der Waals surface area contributed by atoms with Crippen LogP contribution in [0.1, 0.15) is 48.7 Å². The van der Waals surface area contributed by atoms with E-state index in [1.54, 1.807) is 0 Å². The Hall–Kier alpha value is -1.85. The Balaban J connectivity index is 1.63. The molecule has 2 heterocycles. The molecule has 0 saturated heterocycles. The van der Waals surface area contributed by atoms with E-state index in [4.69, 9.17) is 5.26 Å². The zero-order valence-electron chi connectivity index (χ0n) is 24.6. The summed E-state index contributed by atoms with van der Waals surface area (Å²) >= 11 is 4.85. The molecule has 0 aliphatic carbocycles. The minimum Gasteiger partial charge on any atom is -0.335 e. The van der Waals surface area contributed by atoms with E-state index in [1.807, 2.05) is 23.1 Å². The lowest BCUT2D eigenvalue weighted by Crippen LogP contribution is -2.35. The maximum Gasteiger partial charge on any atom is 0.263 e. The van der Waals surface area contributed by atoms with Gasteiger partial charge in [-0.1, -0.05) is 47.2 Å². The second-order valence-corrected chi connectivity index (χ2v) is 14.3. The van der Waals surface area contributed by atoms with Crippen molar-refractivity contribution in [3.8, 4) is 0 Å². The summed E-state index contributed by atoms with van der Waals surface area (Å²) < 4.78 is 9.30. The molecule has 0 unspecified atom stereocenters. The number of fused-ring (bicyclic) bond motifs is 2. The quantitative estimate of drug-likeness (QED) is 0.0505. The standard InChI is InChI=1S/C31H42N3O3S3/c1-7-25(22-31-33(16-10-18-38-37-36-35)27-20-24(3)12-14-29(27)40-31)21-30-32(15-8-9-17-34(4,5)6)26-19-23(2)11-13-28(26)39-30/h11-14,19-22H,7-10,15-18H2,1-6H3/q+1/p+1. The summed E-state index contributed by atoms with van der Waals surface area (Å²) in [6.45, 7) is 9.66. The zero-order chi connectivity index (χ0) is 28.7. The number of allylic oxidation sites excluding steroid dienone is 2. The first kappa shape index (κ1) is 31.1. The van der Waals surface area contributed by atoms with Crippen LogP contribution in [0.5, 0.6) is 0 Å². The average molecular weight is 602 g/mol. The number of benzene rings is 2. The number of anilines is 1. The maximum absolute atomic E-state index is 8.43. The fraction of sp³-hybridized carbons (Fsp3) is 0.452. The first-order valence-corrected chi connectivity index (χ1v) is 16.5. The van der Waals surface area contributed by atoms with Crippen molar-refractivity contribution in [3.05, 3.63) is 69.2 Å². The van der Waals surface area contributed by atoms with E-state index in [9.17, 15) is 0 Å². The van der Waals surface area contributed by atoms with Crippen molar-refractivity contribution in [1.82, 2.24) is 0 Å². The fourth-order valence-electron chi connectivity index (χ4n) is 4.85. The van der Waals surface area contributed by atoms with Crippen LogP contribution in [0.15, 0.2) is 58.0 Å². The van der Waals surface area contributed by atoms with Gasteiger partial charge in [0.05, 0.1) is 38.4 Å². The number of hydrogen-bond donors (Lipinski definition) is 1. The van der Waals surface area contributed by atoms with Gasteiger partial charge in [-0.2, -0.15) is 4.57 Å². The lowest BCUT2D eigenvalue weighted by atomic mass is 10.1. The molecule has 40 heavy (non-hydrogen) atoms. The van der Waals surface area contributed by atoms with Crippen molar-refractivity contribution in [2.75, 3.05) is 44.9 Å². The molecule has 1 aromatic heterocycles. The number of aromatic nitrogens is 1. The molecule has 2 aromatic carbocycles. The molecule has 0 radical (unpaired) electrons. The number of rotatable bonds is 14. The normalized spacial score (nSPS) is 15.0. The van der Waals surface area contributed by atoms with Crippen molar-refractivity contribution in [2.45, 2.75) is 57.9 Å². The number of nitrogens with zero attached hydrogens (tertiary/aromatic N) is 3. The first-order valence-electron chi connectivity index (χ1n) is 14.0. The van der Waals surface area contributed by atoms with Gasteiger partial charge in [0.2, 0.25) is 5.52 Å². The van der Waals surface area contributed by atoms with Crippen LogP contribution in [-0.2, 0) is 15.9 Å². The maximum atomic E-state index is 8.43. The van der Waals surface area contributed by atoms with Gasteiger partial charge in [0.15, 0.2) is 6.54 Å². The number of aryl methyl sites for hydroxylation is 3. The number of hydrogen-bond acceptors (Lipinski definition) is 7. The van der Waals surface area contributed by atoms with Gasteiger partial charge in [-0.3, -0.25) is 0 Å². The van der Waals surface area contributed by atoms with Gasteiger partial charge in [0, 0.05) is 47.8 Å². The van der Waals surface area contributed by atoms with E-state index in [0.29, 0.717) is 0 Å². The first-order chi connectivity index (χ1) is 19.2. The van der Waals surface area contributed by atoms with Crippen LogP contribution in [0.3, 0.4) is 0 Å². The molecule has 3 aromatic rings. The van der Waals surface area contributed by atoms with E-state index < -0.39 is 0 Å². The molecular formula is C31H43N3O3S3+2. The van der Waals surface area contributed by atoms with Crippen molar-refractivity contribution < 1.29 is 23.7 Å². The molecule has 0 amide bonds. The highest BCUT2D eigenvalue weighted by Crippen LogP contribution is 2.47. The summed E-state index contributed by atoms with van der Waals surface area (Å²) in [6.07, 6.45) is 9.02. The van der Waals surface area contributed by atoms with Gasteiger partial charge in [0.1, 0.15) is 4.70 Å². The largest absolute Gasteiger partial charge is 0.335 e. The monoisotopic (exact) mass is 601 g/mol. The molecule has 1 aliphatic heterocycles. The molecule has 6 nitrogen and oxygen atoms in total. The van der Waals surface area contributed by atoms with E-state index in [-0.39, 0.29) is 0 Å². The van der Waals surface area contributed by atoms with Crippen LogP contribution in [0.4, 0.5) is 5.69 Å². The molecular weight excluding hydrogens is 559 g/mol. The molecule has 1 aliphatic rings. The molecule has 4 rings (SSSR count). The number of unbranched alkanes of at least 4 members (excludes halogenated alkanes) is 1. The number of thiazole rings is 1. The number of quaternary nitrogens is 1. The van der Waals surface area contributed by atoms with Crippen molar-refractivity contribution in [3.63, 3.8) is 0 Å². The second kappa shape index (κ2) is 14.4. The Kier molecular flexibility index (Phi) is 11.2. The van der Waals surface area contributed by atoms with Crippen molar-refractivity contribution >= 4 is 57.1 Å². The minimum atomic E-state index is 0.724.